The van der Waals surface area contributed by atoms with Gasteiger partial charge in [0.1, 0.15) is 11.4 Å². The second-order valence-corrected chi connectivity index (χ2v) is 5.97. The molecule has 0 spiro atoms. The van der Waals surface area contributed by atoms with Gasteiger partial charge in [-0.15, -0.1) is 0 Å². The fourth-order valence-corrected chi connectivity index (χ4v) is 3.02. The van der Waals surface area contributed by atoms with Gasteiger partial charge in [0.05, 0.1) is 12.8 Å². The van der Waals surface area contributed by atoms with Crippen molar-refractivity contribution < 1.29 is 9.53 Å². The summed E-state index contributed by atoms with van der Waals surface area (Å²) >= 11 is 0. The molecule has 1 aromatic carbocycles. The summed E-state index contributed by atoms with van der Waals surface area (Å²) in [7, 11) is 1.71. The number of hydrogen-bond acceptors (Lipinski definition) is 5. The predicted molar refractivity (Wildman–Crippen MR) is 98.2 cm³/mol. The molecular formula is C19H24N4O2. The number of aromatic nitrogens is 1. The maximum Gasteiger partial charge on any atom is 0.269 e. The van der Waals surface area contributed by atoms with Crippen LogP contribution in [0.3, 0.4) is 0 Å². The Hall–Kier alpha value is -2.60. The Morgan fingerprint density at radius 2 is 1.88 bits per heavy atom. The monoisotopic (exact) mass is 340 g/mol. The minimum Gasteiger partial charge on any atom is -0.495 e. The van der Waals surface area contributed by atoms with Gasteiger partial charge in [-0.3, -0.25) is 14.7 Å². The number of carbonyl (C=O) groups is 1. The Labute approximate surface area is 148 Å². The third kappa shape index (κ3) is 4.48. The lowest BCUT2D eigenvalue weighted by Crippen LogP contribution is -2.48. The number of hydrogen-bond donors (Lipinski definition) is 1. The number of nitrogens with zero attached hydrogens (tertiary/aromatic N) is 3. The minimum absolute atomic E-state index is 0.117. The molecule has 25 heavy (non-hydrogen) atoms. The molecule has 1 aliphatic rings. The summed E-state index contributed by atoms with van der Waals surface area (Å²) < 4.78 is 5.45. The first kappa shape index (κ1) is 17.2. The summed E-state index contributed by atoms with van der Waals surface area (Å²) in [5.74, 6) is 0.798. The fraction of sp³-hybridized carbons (Fsp3) is 0.368. The van der Waals surface area contributed by atoms with Gasteiger partial charge in [0.2, 0.25) is 0 Å². The van der Waals surface area contributed by atoms with Crippen LogP contribution in [0.2, 0.25) is 0 Å². The van der Waals surface area contributed by atoms with Crippen molar-refractivity contribution in [3.63, 3.8) is 0 Å². The number of anilines is 1. The summed E-state index contributed by atoms with van der Waals surface area (Å²) in [4.78, 5) is 20.8. The van der Waals surface area contributed by atoms with E-state index in [0.29, 0.717) is 12.2 Å². The number of pyridine rings is 1. The topological polar surface area (TPSA) is 57.7 Å². The van der Waals surface area contributed by atoms with Crippen molar-refractivity contribution in [3.8, 4) is 5.75 Å². The van der Waals surface area contributed by atoms with Gasteiger partial charge < -0.3 is 15.0 Å². The van der Waals surface area contributed by atoms with Crippen LogP contribution in [0.4, 0.5) is 5.69 Å². The van der Waals surface area contributed by atoms with Gasteiger partial charge in [0.15, 0.2) is 0 Å². The highest BCUT2D eigenvalue weighted by atomic mass is 16.5. The first-order chi connectivity index (χ1) is 12.3. The highest BCUT2D eigenvalue weighted by Crippen LogP contribution is 2.28. The Morgan fingerprint density at radius 3 is 2.60 bits per heavy atom. The first-order valence-corrected chi connectivity index (χ1v) is 8.57. The van der Waals surface area contributed by atoms with Crippen LogP contribution in [0.5, 0.6) is 5.75 Å². The molecule has 0 aliphatic carbocycles. The van der Waals surface area contributed by atoms with E-state index in [1.807, 2.05) is 24.3 Å². The number of amides is 1. The molecule has 0 radical (unpaired) electrons. The standard InChI is InChI=1S/C19H24N4O2/c1-25-18-8-3-2-7-17(18)23-14-12-22(13-15-23)11-10-21-19(24)16-6-4-5-9-20-16/h2-9H,10-15H2,1H3,(H,21,24). The maximum absolute atomic E-state index is 12.0. The third-order valence-electron chi connectivity index (χ3n) is 4.41. The molecule has 1 N–H and O–H groups in total. The van der Waals surface area contributed by atoms with Crippen molar-refractivity contribution in [3.05, 3.63) is 54.4 Å². The van der Waals surface area contributed by atoms with Crippen molar-refractivity contribution >= 4 is 11.6 Å². The van der Waals surface area contributed by atoms with Crippen LogP contribution in [0, 0.1) is 0 Å². The van der Waals surface area contributed by atoms with Crippen LogP contribution in [0.25, 0.3) is 0 Å². The highest BCUT2D eigenvalue weighted by Gasteiger charge is 2.19. The average Bonchev–Trinajstić information content (AvgIpc) is 2.69. The molecule has 6 nitrogen and oxygen atoms in total. The van der Waals surface area contributed by atoms with Crippen LogP contribution in [0.1, 0.15) is 10.5 Å². The molecule has 0 saturated carbocycles. The van der Waals surface area contributed by atoms with Gasteiger partial charge in [-0.25, -0.2) is 0 Å². The normalized spacial score (nSPS) is 15.0. The molecule has 0 bridgehead atoms. The van der Waals surface area contributed by atoms with Crippen molar-refractivity contribution in [2.24, 2.45) is 0 Å². The molecule has 2 aromatic rings. The Bertz CT molecular complexity index is 685. The number of benzene rings is 1. The molecule has 3 rings (SSSR count). The second-order valence-electron chi connectivity index (χ2n) is 5.97. The van der Waals surface area contributed by atoms with E-state index in [9.17, 15) is 4.79 Å². The van der Waals surface area contributed by atoms with Crippen LogP contribution < -0.4 is 15.0 Å². The SMILES string of the molecule is COc1ccccc1N1CCN(CCNC(=O)c2ccccn2)CC1. The number of nitrogens with one attached hydrogen (secondary N) is 1. The van der Waals surface area contributed by atoms with E-state index in [-0.39, 0.29) is 5.91 Å². The van der Waals surface area contributed by atoms with E-state index in [2.05, 4.69) is 26.2 Å². The smallest absolute Gasteiger partial charge is 0.269 e. The predicted octanol–water partition coefficient (Wildman–Crippen LogP) is 1.64. The first-order valence-electron chi connectivity index (χ1n) is 8.57. The zero-order valence-electron chi connectivity index (χ0n) is 14.5. The number of para-hydroxylation sites is 2. The average molecular weight is 340 g/mol. The summed E-state index contributed by atoms with van der Waals surface area (Å²) in [5, 5.41) is 2.93. The lowest BCUT2D eigenvalue weighted by atomic mass is 10.2. The van der Waals surface area contributed by atoms with Gasteiger partial charge in [0.25, 0.3) is 5.91 Å². The van der Waals surface area contributed by atoms with Gasteiger partial charge in [-0.05, 0) is 24.3 Å². The van der Waals surface area contributed by atoms with E-state index in [0.717, 1.165) is 44.2 Å². The van der Waals surface area contributed by atoms with Crippen LogP contribution in [-0.4, -0.2) is 62.2 Å². The molecule has 1 aliphatic heterocycles. The molecule has 1 amide bonds. The molecule has 0 atom stereocenters. The van der Waals surface area contributed by atoms with Crippen LogP contribution >= 0.6 is 0 Å². The molecule has 2 heterocycles. The molecule has 1 fully saturated rings. The molecule has 1 aromatic heterocycles. The van der Waals surface area contributed by atoms with Crippen molar-refractivity contribution in [2.75, 3.05) is 51.3 Å². The second kappa shape index (κ2) is 8.48. The number of rotatable bonds is 6. The quantitative estimate of drug-likeness (QED) is 0.866. The zero-order chi connectivity index (χ0) is 17.5. The van der Waals surface area contributed by atoms with E-state index < -0.39 is 0 Å². The van der Waals surface area contributed by atoms with Crippen molar-refractivity contribution in [2.45, 2.75) is 0 Å². The lowest BCUT2D eigenvalue weighted by Gasteiger charge is -2.36. The molecule has 0 unspecified atom stereocenters. The van der Waals surface area contributed by atoms with E-state index in [1.165, 1.54) is 0 Å². The zero-order valence-corrected chi connectivity index (χ0v) is 14.5. The van der Waals surface area contributed by atoms with Crippen molar-refractivity contribution in [1.82, 2.24) is 15.2 Å². The number of ether oxygens (including phenoxy) is 1. The van der Waals surface area contributed by atoms with Gasteiger partial charge in [0, 0.05) is 45.5 Å². The largest absolute Gasteiger partial charge is 0.495 e. The Balaban J connectivity index is 1.43. The highest BCUT2D eigenvalue weighted by molar-refractivity contribution is 5.92. The van der Waals surface area contributed by atoms with Gasteiger partial charge in [-0.1, -0.05) is 18.2 Å². The summed E-state index contributed by atoms with van der Waals surface area (Å²) in [6.45, 7) is 5.32. The van der Waals surface area contributed by atoms with Crippen molar-refractivity contribution in [1.29, 1.82) is 0 Å². The fourth-order valence-electron chi connectivity index (χ4n) is 3.02. The minimum atomic E-state index is -0.117. The molecule has 1 saturated heterocycles. The Kier molecular flexibility index (Phi) is 5.85. The summed E-state index contributed by atoms with van der Waals surface area (Å²) in [5.41, 5.74) is 1.61. The maximum atomic E-state index is 12.0. The third-order valence-corrected chi connectivity index (χ3v) is 4.41. The number of piperazine rings is 1. The lowest BCUT2D eigenvalue weighted by molar-refractivity contribution is 0.0943. The van der Waals surface area contributed by atoms with Gasteiger partial charge in [-0.2, -0.15) is 0 Å². The van der Waals surface area contributed by atoms with E-state index >= 15 is 0 Å². The number of methoxy groups -OCH3 is 1. The van der Waals surface area contributed by atoms with Crippen LogP contribution in [0.15, 0.2) is 48.7 Å². The number of carbonyl (C=O) groups excluding carboxylic acids is 1. The summed E-state index contributed by atoms with van der Waals surface area (Å²) in [6, 6.07) is 13.5. The van der Waals surface area contributed by atoms with Crippen LogP contribution in [-0.2, 0) is 0 Å². The summed E-state index contributed by atoms with van der Waals surface area (Å²) in [6.07, 6.45) is 1.63. The van der Waals surface area contributed by atoms with E-state index in [1.54, 1.807) is 25.4 Å². The molecule has 6 heteroatoms. The molecule has 132 valence electrons. The Morgan fingerprint density at radius 1 is 1.12 bits per heavy atom. The van der Waals surface area contributed by atoms with E-state index in [4.69, 9.17) is 4.74 Å². The molecular weight excluding hydrogens is 316 g/mol. The van der Waals surface area contributed by atoms with Gasteiger partial charge >= 0.3 is 0 Å².